The second kappa shape index (κ2) is 8.01. The first-order chi connectivity index (χ1) is 11.6. The molecule has 6 nitrogen and oxygen atoms in total. The highest BCUT2D eigenvalue weighted by Gasteiger charge is 2.27. The number of hydrogen-bond acceptors (Lipinski definition) is 3. The maximum absolute atomic E-state index is 12.5. The number of ether oxygens (including phenoxy) is 1. The maximum atomic E-state index is 12.5. The van der Waals surface area contributed by atoms with Crippen LogP contribution in [0.15, 0.2) is 6.20 Å². The number of carbonyl (C=O) groups is 1. The summed E-state index contributed by atoms with van der Waals surface area (Å²) in [6.07, 6.45) is 7.50. The summed E-state index contributed by atoms with van der Waals surface area (Å²) in [5.74, 6) is 1.76. The van der Waals surface area contributed by atoms with E-state index in [1.165, 1.54) is 18.7 Å². The lowest BCUT2D eigenvalue weighted by Gasteiger charge is -2.36. The van der Waals surface area contributed by atoms with Crippen LogP contribution in [0.5, 0.6) is 0 Å². The topological polar surface area (TPSA) is 59.4 Å². The summed E-state index contributed by atoms with van der Waals surface area (Å²) in [5.41, 5.74) is 1.09. The Morgan fingerprint density at radius 1 is 1.42 bits per heavy atom. The molecular formula is C18H30N4O2. The Balaban J connectivity index is 1.48. The Morgan fingerprint density at radius 3 is 3.08 bits per heavy atom. The fourth-order valence-electron chi connectivity index (χ4n) is 3.65. The van der Waals surface area contributed by atoms with Crippen molar-refractivity contribution in [2.75, 3.05) is 26.3 Å². The Hall–Kier alpha value is -1.56. The van der Waals surface area contributed by atoms with E-state index in [2.05, 4.69) is 29.9 Å². The van der Waals surface area contributed by atoms with E-state index in [1.807, 2.05) is 4.90 Å². The van der Waals surface area contributed by atoms with E-state index in [1.54, 1.807) is 0 Å². The number of aryl methyl sites for hydroxylation is 2. The first-order valence-corrected chi connectivity index (χ1v) is 9.30. The van der Waals surface area contributed by atoms with Crippen molar-refractivity contribution in [2.45, 2.75) is 58.5 Å². The van der Waals surface area contributed by atoms with E-state index in [-0.39, 0.29) is 12.1 Å². The SMILES string of the molecule is CC(C)CC1COCCN1C(=O)NCCc1cn2c(n1)CCCC2. The number of hydrogen-bond donors (Lipinski definition) is 1. The lowest BCUT2D eigenvalue weighted by molar-refractivity contribution is 0.00564. The molecule has 6 heteroatoms. The number of morpholine rings is 1. The summed E-state index contributed by atoms with van der Waals surface area (Å²) in [6.45, 7) is 8.06. The number of urea groups is 1. The van der Waals surface area contributed by atoms with Gasteiger partial charge in [0.25, 0.3) is 0 Å². The average molecular weight is 334 g/mol. The van der Waals surface area contributed by atoms with Crippen molar-refractivity contribution < 1.29 is 9.53 Å². The molecule has 3 heterocycles. The lowest BCUT2D eigenvalue weighted by Crippen LogP contribution is -2.53. The molecule has 3 rings (SSSR count). The predicted octanol–water partition coefficient (Wildman–Crippen LogP) is 2.22. The van der Waals surface area contributed by atoms with Crippen LogP contribution in [0.1, 0.15) is 44.6 Å². The van der Waals surface area contributed by atoms with E-state index in [0.717, 1.165) is 31.5 Å². The van der Waals surface area contributed by atoms with Gasteiger partial charge in [0.2, 0.25) is 0 Å². The monoisotopic (exact) mass is 334 g/mol. The zero-order chi connectivity index (χ0) is 16.9. The zero-order valence-corrected chi connectivity index (χ0v) is 15.0. The quantitative estimate of drug-likeness (QED) is 0.898. The van der Waals surface area contributed by atoms with Crippen molar-refractivity contribution in [1.82, 2.24) is 19.8 Å². The summed E-state index contributed by atoms with van der Waals surface area (Å²) in [5, 5.41) is 3.07. The minimum Gasteiger partial charge on any atom is -0.377 e. The number of nitrogens with one attached hydrogen (secondary N) is 1. The molecule has 0 bridgehead atoms. The fourth-order valence-corrected chi connectivity index (χ4v) is 3.65. The van der Waals surface area contributed by atoms with Crippen LogP contribution < -0.4 is 5.32 Å². The molecule has 2 amide bonds. The third-order valence-electron chi connectivity index (χ3n) is 4.85. The predicted molar refractivity (Wildman–Crippen MR) is 93.0 cm³/mol. The van der Waals surface area contributed by atoms with E-state index in [0.29, 0.717) is 32.2 Å². The molecule has 0 radical (unpaired) electrons. The lowest BCUT2D eigenvalue weighted by atomic mass is 10.0. The van der Waals surface area contributed by atoms with Gasteiger partial charge in [0.15, 0.2) is 0 Å². The van der Waals surface area contributed by atoms with Crippen LogP contribution in [0.4, 0.5) is 4.79 Å². The summed E-state index contributed by atoms with van der Waals surface area (Å²) in [7, 11) is 0. The second-order valence-electron chi connectivity index (χ2n) is 7.33. The van der Waals surface area contributed by atoms with Gasteiger partial charge in [-0.05, 0) is 25.2 Å². The molecule has 1 atom stereocenters. The van der Waals surface area contributed by atoms with Crippen LogP contribution in [0.2, 0.25) is 0 Å². The number of carbonyl (C=O) groups excluding carboxylic acids is 1. The van der Waals surface area contributed by atoms with Crippen LogP contribution >= 0.6 is 0 Å². The highest BCUT2D eigenvalue weighted by Crippen LogP contribution is 2.16. The van der Waals surface area contributed by atoms with E-state index < -0.39 is 0 Å². The number of imidazole rings is 1. The van der Waals surface area contributed by atoms with Crippen LogP contribution in [0.3, 0.4) is 0 Å². The minimum atomic E-state index is 0.0351. The van der Waals surface area contributed by atoms with E-state index in [9.17, 15) is 4.79 Å². The van der Waals surface area contributed by atoms with Crippen molar-refractivity contribution in [3.8, 4) is 0 Å². The summed E-state index contributed by atoms with van der Waals surface area (Å²) < 4.78 is 7.81. The van der Waals surface area contributed by atoms with Gasteiger partial charge in [-0.2, -0.15) is 0 Å². The van der Waals surface area contributed by atoms with Gasteiger partial charge in [0, 0.05) is 38.7 Å². The van der Waals surface area contributed by atoms with Crippen molar-refractivity contribution in [1.29, 1.82) is 0 Å². The number of amides is 2. The molecule has 1 aromatic heterocycles. The Labute approximate surface area is 144 Å². The van der Waals surface area contributed by atoms with E-state index >= 15 is 0 Å². The second-order valence-corrected chi connectivity index (χ2v) is 7.33. The summed E-state index contributed by atoms with van der Waals surface area (Å²) in [6, 6.07) is 0.228. The van der Waals surface area contributed by atoms with Crippen molar-refractivity contribution in [3.63, 3.8) is 0 Å². The maximum Gasteiger partial charge on any atom is 0.317 e. The highest BCUT2D eigenvalue weighted by molar-refractivity contribution is 5.74. The molecule has 1 unspecified atom stereocenters. The molecule has 2 aliphatic heterocycles. The molecule has 1 N–H and O–H groups in total. The van der Waals surface area contributed by atoms with Gasteiger partial charge in [-0.3, -0.25) is 0 Å². The molecule has 2 aliphatic rings. The van der Waals surface area contributed by atoms with E-state index in [4.69, 9.17) is 9.72 Å². The fraction of sp³-hybridized carbons (Fsp3) is 0.778. The third kappa shape index (κ3) is 4.29. The Morgan fingerprint density at radius 2 is 2.29 bits per heavy atom. The Bertz CT molecular complexity index is 532. The van der Waals surface area contributed by atoms with Gasteiger partial charge >= 0.3 is 6.03 Å². The summed E-state index contributed by atoms with van der Waals surface area (Å²) >= 11 is 0. The molecule has 0 aliphatic carbocycles. The van der Waals surface area contributed by atoms with Crippen LogP contribution in [-0.4, -0.2) is 52.8 Å². The normalized spacial score (nSPS) is 21.0. The van der Waals surface area contributed by atoms with Gasteiger partial charge in [0.1, 0.15) is 5.82 Å². The highest BCUT2D eigenvalue weighted by atomic mass is 16.5. The first-order valence-electron chi connectivity index (χ1n) is 9.30. The zero-order valence-electron chi connectivity index (χ0n) is 15.0. The van der Waals surface area contributed by atoms with Crippen molar-refractivity contribution >= 4 is 6.03 Å². The van der Waals surface area contributed by atoms with Gasteiger partial charge in [-0.1, -0.05) is 13.8 Å². The molecule has 1 fully saturated rings. The van der Waals surface area contributed by atoms with Crippen molar-refractivity contribution in [3.05, 3.63) is 17.7 Å². The van der Waals surface area contributed by atoms with Gasteiger partial charge in [-0.15, -0.1) is 0 Å². The number of rotatable bonds is 5. The first kappa shape index (κ1) is 17.3. The number of nitrogens with zero attached hydrogens (tertiary/aromatic N) is 3. The summed E-state index contributed by atoms with van der Waals surface area (Å²) in [4.78, 5) is 19.1. The smallest absolute Gasteiger partial charge is 0.317 e. The largest absolute Gasteiger partial charge is 0.377 e. The molecule has 134 valence electrons. The molecular weight excluding hydrogens is 304 g/mol. The minimum absolute atomic E-state index is 0.0351. The average Bonchev–Trinajstić information content (AvgIpc) is 2.97. The van der Waals surface area contributed by atoms with Gasteiger partial charge < -0.3 is 19.5 Å². The Kier molecular flexibility index (Phi) is 5.76. The molecule has 1 aromatic rings. The molecule has 0 aromatic carbocycles. The molecule has 0 spiro atoms. The van der Waals surface area contributed by atoms with Gasteiger partial charge in [-0.25, -0.2) is 9.78 Å². The van der Waals surface area contributed by atoms with Crippen LogP contribution in [0.25, 0.3) is 0 Å². The third-order valence-corrected chi connectivity index (χ3v) is 4.85. The standard InChI is InChI=1S/C18H30N4O2/c1-14(2)11-16-13-24-10-9-22(16)18(23)19-7-6-15-12-21-8-4-3-5-17(21)20-15/h12,14,16H,3-11,13H2,1-2H3,(H,19,23). The number of fused-ring (bicyclic) bond motifs is 1. The van der Waals surface area contributed by atoms with Gasteiger partial charge in [0.05, 0.1) is 24.9 Å². The molecule has 1 saturated heterocycles. The van der Waals surface area contributed by atoms with Crippen LogP contribution in [0, 0.1) is 5.92 Å². The molecule has 24 heavy (non-hydrogen) atoms. The number of aromatic nitrogens is 2. The van der Waals surface area contributed by atoms with Crippen molar-refractivity contribution in [2.24, 2.45) is 5.92 Å². The van der Waals surface area contributed by atoms with Crippen LogP contribution in [-0.2, 0) is 24.1 Å². The molecule has 0 saturated carbocycles.